The highest BCUT2D eigenvalue weighted by Crippen LogP contribution is 2.41. The predicted molar refractivity (Wildman–Crippen MR) is 365 cm³/mol. The summed E-state index contributed by atoms with van der Waals surface area (Å²) in [5.74, 6) is -6.17. The number of likely N-dealkylation sites (N-methyl/N-ethyl adjacent to an activating group) is 1. The maximum Gasteiger partial charge on any atom is 0.325 e. The third kappa shape index (κ3) is 22.7. The zero-order valence-corrected chi connectivity index (χ0v) is 60.5. The number of methoxy groups -OCH3 is 1. The van der Waals surface area contributed by atoms with Crippen molar-refractivity contribution < 1.29 is 83.0 Å². The molecule has 0 spiro atoms. The number of aliphatic carboxylic acids is 1. The second-order valence-electron chi connectivity index (χ2n) is 29.3. The largest absolute Gasteiger partial charge is 0.480 e. The van der Waals surface area contributed by atoms with Gasteiger partial charge in [-0.3, -0.25) is 33.8 Å². The first kappa shape index (κ1) is 81.5. The van der Waals surface area contributed by atoms with Crippen molar-refractivity contribution in [3.05, 3.63) is 71.3 Å². The van der Waals surface area contributed by atoms with Crippen molar-refractivity contribution in [2.24, 2.45) is 34.6 Å². The Labute approximate surface area is 570 Å². The number of amides is 3. The van der Waals surface area contributed by atoms with E-state index in [2.05, 4.69) is 34.8 Å². The molecule has 0 radical (unpaired) electrons. The van der Waals surface area contributed by atoms with Crippen molar-refractivity contribution in [3.63, 3.8) is 0 Å². The minimum Gasteiger partial charge on any atom is -0.480 e. The van der Waals surface area contributed by atoms with E-state index in [1.165, 1.54) is 18.9 Å². The number of carboxylic acids is 1. The van der Waals surface area contributed by atoms with Gasteiger partial charge in [0, 0.05) is 64.1 Å². The van der Waals surface area contributed by atoms with E-state index >= 15 is 4.79 Å². The molecule has 0 bridgehead atoms. The number of rotatable bonds is 26. The quantitative estimate of drug-likeness (QED) is 0.0246. The average Bonchev–Trinajstić information content (AvgIpc) is 0.982. The standard InChI is InChI=1S/C72H119N7O17/c1-19-56-72(15,90)62(84)49(11)78(41-44(6)37-70(13,89)64(96-68-60(83)55(77(16)17)35-45(7)92-68)47(9)61(48(10)67(88)94-56)95-59-38-71(14,91-18)63(85)50(12)93-59)32-23-31-73-69(75-40-58(81)82)79(33-30-42(2)3)66(87)54(36-51-24-21-20-22-25-51)76-57(80)39-74-65(86)46(8)53-28-26-52(27-29-53)34-43(4)5/h20-22,24-29,42-50,54-56,59-64,68,83-85,89-90H,19,23,30-41H2,1-18H3,(H,73,75)(H,74,86)(H,76,80)(H,81,82)/t44?,45?,46-,47?,48?,49?,50?,54?,55?,56?,59?,60?,61?,62?,63?,64?,68?,70?,71?,72?/m1/s1. The van der Waals surface area contributed by atoms with Crippen molar-refractivity contribution in [1.82, 2.24) is 30.7 Å². The number of aliphatic hydroxyl groups excluding tert-OH is 3. The molecule has 0 aromatic heterocycles. The van der Waals surface area contributed by atoms with Crippen LogP contribution >= 0.6 is 0 Å². The second-order valence-corrected chi connectivity index (χ2v) is 29.3. The number of nitrogens with zero attached hydrogens (tertiary/aromatic N) is 4. The fraction of sp³-hybridized carbons (Fsp3) is 0.750. The van der Waals surface area contributed by atoms with Crippen LogP contribution < -0.4 is 16.0 Å². The Balaban J connectivity index is 1.48. The zero-order valence-electron chi connectivity index (χ0n) is 60.5. The van der Waals surface area contributed by atoms with Crippen molar-refractivity contribution in [1.29, 1.82) is 0 Å². The molecule has 24 heteroatoms. The number of hydrogen-bond acceptors (Lipinski definition) is 19. The van der Waals surface area contributed by atoms with Gasteiger partial charge in [-0.1, -0.05) is 103 Å². The molecule has 3 aliphatic heterocycles. The summed E-state index contributed by atoms with van der Waals surface area (Å²) in [6.07, 6.45) is -8.49. The highest BCUT2D eigenvalue weighted by atomic mass is 16.7. The monoisotopic (exact) mass is 1350 g/mol. The number of benzene rings is 2. The first-order valence-electron chi connectivity index (χ1n) is 34.7. The fourth-order valence-electron chi connectivity index (χ4n) is 13.8. The summed E-state index contributed by atoms with van der Waals surface area (Å²) in [6.45, 7) is 26.6. The van der Waals surface area contributed by atoms with Crippen molar-refractivity contribution in [2.45, 2.75) is 257 Å². The molecule has 0 aliphatic carbocycles. The van der Waals surface area contributed by atoms with E-state index in [1.54, 1.807) is 55.4 Å². The Morgan fingerprint density at radius 1 is 0.833 bits per heavy atom. The smallest absolute Gasteiger partial charge is 0.325 e. The number of aliphatic hydroxyl groups is 5. The highest BCUT2D eigenvalue weighted by molar-refractivity contribution is 6.01. The summed E-state index contributed by atoms with van der Waals surface area (Å²) in [7, 11) is 5.19. The van der Waals surface area contributed by atoms with Gasteiger partial charge in [0.15, 0.2) is 12.6 Å². The fourth-order valence-corrected chi connectivity index (χ4v) is 13.8. The molecule has 3 aliphatic rings. The van der Waals surface area contributed by atoms with Gasteiger partial charge < -0.3 is 79.9 Å². The Morgan fingerprint density at radius 3 is 2.07 bits per heavy atom. The molecule has 3 saturated heterocycles. The van der Waals surface area contributed by atoms with Crippen LogP contribution in [-0.2, 0) is 65.2 Å². The topological polar surface area (TPSA) is 320 Å². The zero-order chi connectivity index (χ0) is 71.7. The third-order valence-corrected chi connectivity index (χ3v) is 19.6. The van der Waals surface area contributed by atoms with Crippen LogP contribution in [0.5, 0.6) is 0 Å². The van der Waals surface area contributed by atoms with Gasteiger partial charge in [-0.15, -0.1) is 0 Å². The highest BCUT2D eigenvalue weighted by Gasteiger charge is 2.53. The average molecular weight is 1350 g/mol. The minimum atomic E-state index is -2.06. The van der Waals surface area contributed by atoms with E-state index in [9.17, 15) is 49.8 Å². The molecule has 3 heterocycles. The van der Waals surface area contributed by atoms with E-state index in [4.69, 9.17) is 28.4 Å². The number of cyclic esters (lactones) is 1. The Kier molecular flexibility index (Phi) is 31.2. The molecular formula is C72H119N7O17. The van der Waals surface area contributed by atoms with E-state index in [-0.39, 0.29) is 88.2 Å². The Bertz CT molecular complexity index is 2790. The minimum absolute atomic E-state index is 0.0393. The van der Waals surface area contributed by atoms with Gasteiger partial charge in [0.05, 0.1) is 54.0 Å². The number of hydrogen-bond donors (Lipinski definition) is 9. The van der Waals surface area contributed by atoms with Crippen LogP contribution in [-0.4, -0.2) is 238 Å². The van der Waals surface area contributed by atoms with Crippen molar-refractivity contribution in [3.8, 4) is 0 Å². The van der Waals surface area contributed by atoms with E-state index in [1.807, 2.05) is 106 Å². The van der Waals surface area contributed by atoms with Crippen LogP contribution in [0.2, 0.25) is 0 Å². The molecule has 3 fully saturated rings. The summed E-state index contributed by atoms with van der Waals surface area (Å²) in [5, 5.41) is 80.3. The maximum atomic E-state index is 15.2. The SMILES string of the molecule is CCC1OC(=O)C(C)C(OC2CC(C)(OC)C(O)C(C)O2)C(C)C(OC2OC(C)CC(N(C)C)C2O)C(C)(O)CC(C)CN(CCCNC(=NCC(=O)O)N(CCC(C)C)C(=O)C(Cc2ccccc2)NC(=O)CNC(=O)[C@H](C)c2ccc(CC(C)C)cc2)C(C)C(O)C1(C)O. The maximum absolute atomic E-state index is 15.2. The van der Waals surface area contributed by atoms with Gasteiger partial charge in [0.1, 0.15) is 42.6 Å². The molecule has 3 amide bonds. The summed E-state index contributed by atoms with van der Waals surface area (Å²) in [4.78, 5) is 79.5. The molecule has 2 aromatic rings. The van der Waals surface area contributed by atoms with Crippen LogP contribution in [0.25, 0.3) is 0 Å². The molecule has 2 aromatic carbocycles. The number of aliphatic imine (C=N–C) groups is 1. The summed E-state index contributed by atoms with van der Waals surface area (Å²) in [6, 6.07) is 14.5. The first-order chi connectivity index (χ1) is 44.9. The van der Waals surface area contributed by atoms with E-state index in [0.717, 1.165) is 23.1 Å². The molecule has 19 unspecified atom stereocenters. The van der Waals surface area contributed by atoms with E-state index < -0.39 is 145 Å². The lowest BCUT2D eigenvalue weighted by molar-refractivity contribution is -0.318. The van der Waals surface area contributed by atoms with Crippen LogP contribution in [0.3, 0.4) is 0 Å². The summed E-state index contributed by atoms with van der Waals surface area (Å²) >= 11 is 0. The molecule has 0 saturated carbocycles. The van der Waals surface area contributed by atoms with Gasteiger partial charge in [-0.2, -0.15) is 0 Å². The van der Waals surface area contributed by atoms with Gasteiger partial charge in [-0.05, 0) is 142 Å². The molecule has 5 rings (SSSR count). The number of ether oxygens (including phenoxy) is 6. The van der Waals surface area contributed by atoms with Crippen LogP contribution in [0.4, 0.5) is 0 Å². The van der Waals surface area contributed by atoms with Gasteiger partial charge in [-0.25, -0.2) is 4.99 Å². The molecule has 24 nitrogen and oxygen atoms in total. The molecule has 20 atom stereocenters. The predicted octanol–water partition coefficient (Wildman–Crippen LogP) is 5.41. The Morgan fingerprint density at radius 2 is 1.48 bits per heavy atom. The molecule has 96 heavy (non-hydrogen) atoms. The lowest BCUT2D eigenvalue weighted by Gasteiger charge is -2.48. The number of carboxylic acid groups (broad SMARTS) is 1. The van der Waals surface area contributed by atoms with Crippen LogP contribution in [0.15, 0.2) is 59.6 Å². The molecule has 9 N–H and O–H groups in total. The number of guanidine groups is 1. The van der Waals surface area contributed by atoms with Crippen molar-refractivity contribution in [2.75, 3.05) is 60.5 Å². The van der Waals surface area contributed by atoms with Gasteiger partial charge in [0.2, 0.25) is 17.8 Å². The third-order valence-electron chi connectivity index (χ3n) is 19.6. The van der Waals surface area contributed by atoms with Gasteiger partial charge >= 0.3 is 11.9 Å². The van der Waals surface area contributed by atoms with Crippen molar-refractivity contribution >= 4 is 35.6 Å². The number of carbonyl (C=O) groups is 5. The van der Waals surface area contributed by atoms with Gasteiger partial charge in [0.25, 0.3) is 5.91 Å². The first-order valence-corrected chi connectivity index (χ1v) is 34.7. The van der Waals surface area contributed by atoms with Crippen LogP contribution in [0.1, 0.15) is 165 Å². The summed E-state index contributed by atoms with van der Waals surface area (Å²) in [5.41, 5.74) is -2.29. The normalized spacial score (nSPS) is 33.0. The van der Waals surface area contributed by atoms with E-state index in [0.29, 0.717) is 18.8 Å². The second kappa shape index (κ2) is 36.7. The number of carbonyl (C=O) groups excluding carboxylic acids is 4. The summed E-state index contributed by atoms with van der Waals surface area (Å²) < 4.78 is 38.5. The molecule has 544 valence electrons. The lowest BCUT2D eigenvalue weighted by Crippen LogP contribution is -2.60. The Hall–Kier alpha value is -5.22. The lowest BCUT2D eigenvalue weighted by atomic mass is 9.77. The number of nitrogens with one attached hydrogen (secondary N) is 3. The molecular weight excluding hydrogens is 1230 g/mol. The van der Waals surface area contributed by atoms with Crippen LogP contribution in [0, 0.1) is 29.6 Å². The number of esters is 1.